The van der Waals surface area contributed by atoms with Gasteiger partial charge in [-0.2, -0.15) is 0 Å². The summed E-state index contributed by atoms with van der Waals surface area (Å²) < 4.78 is 10.6. The summed E-state index contributed by atoms with van der Waals surface area (Å²) in [6.07, 6.45) is 0. The molecule has 0 atom stereocenters. The van der Waals surface area contributed by atoms with E-state index in [2.05, 4.69) is 10.3 Å². The average Bonchev–Trinajstić information content (AvgIpc) is 3.17. The Balaban J connectivity index is 1.70. The van der Waals surface area contributed by atoms with Gasteiger partial charge in [0, 0.05) is 5.56 Å². The lowest BCUT2D eigenvalue weighted by molar-refractivity contribution is 0.0600. The normalized spacial score (nSPS) is 10.6. The summed E-state index contributed by atoms with van der Waals surface area (Å²) in [5, 5.41) is 2.90. The Hall–Kier alpha value is -3.93. The number of amides is 1. The third-order valence-corrected chi connectivity index (χ3v) is 4.25. The molecule has 1 aromatic heterocycles. The van der Waals surface area contributed by atoms with Crippen molar-refractivity contribution in [3.05, 3.63) is 83.9 Å². The first-order chi connectivity index (χ1) is 13.7. The minimum absolute atomic E-state index is 0.225. The van der Waals surface area contributed by atoms with Crippen molar-refractivity contribution in [1.29, 1.82) is 0 Å². The number of oxazole rings is 1. The summed E-state index contributed by atoms with van der Waals surface area (Å²) in [5.41, 5.74) is 3.22. The van der Waals surface area contributed by atoms with Crippen LogP contribution in [0.25, 0.3) is 22.6 Å². The molecule has 0 saturated heterocycles. The fourth-order valence-corrected chi connectivity index (χ4v) is 2.85. The standard InChI is InChI=1S/C22H16N2O4/c1-27-22(26)15-11-12-18-19(13-15)28-21(24-18)16-9-5-6-10-17(16)23-20(25)14-7-3-2-4-8-14/h2-13H,1H3,(H,23,25). The molecule has 6 heteroatoms. The van der Waals surface area contributed by atoms with Gasteiger partial charge in [-0.15, -0.1) is 0 Å². The minimum Gasteiger partial charge on any atom is -0.465 e. The Kier molecular flexibility index (Phi) is 4.60. The highest BCUT2D eigenvalue weighted by Crippen LogP contribution is 2.30. The molecule has 1 heterocycles. The highest BCUT2D eigenvalue weighted by Gasteiger charge is 2.16. The first-order valence-corrected chi connectivity index (χ1v) is 8.60. The van der Waals surface area contributed by atoms with E-state index in [0.29, 0.717) is 39.4 Å². The van der Waals surface area contributed by atoms with E-state index in [-0.39, 0.29) is 5.91 Å². The van der Waals surface area contributed by atoms with Gasteiger partial charge in [-0.25, -0.2) is 9.78 Å². The van der Waals surface area contributed by atoms with Gasteiger partial charge in [0.25, 0.3) is 5.91 Å². The Morgan fingerprint density at radius 1 is 0.929 bits per heavy atom. The highest BCUT2D eigenvalue weighted by atomic mass is 16.5. The third-order valence-electron chi connectivity index (χ3n) is 4.25. The van der Waals surface area contributed by atoms with E-state index in [1.165, 1.54) is 7.11 Å². The molecule has 0 fully saturated rings. The van der Waals surface area contributed by atoms with Crippen molar-refractivity contribution in [3.63, 3.8) is 0 Å². The van der Waals surface area contributed by atoms with Crippen LogP contribution in [0.2, 0.25) is 0 Å². The monoisotopic (exact) mass is 372 g/mol. The number of ether oxygens (including phenoxy) is 1. The molecule has 4 rings (SSSR count). The largest absolute Gasteiger partial charge is 0.465 e. The summed E-state index contributed by atoms with van der Waals surface area (Å²) in [4.78, 5) is 28.7. The summed E-state index contributed by atoms with van der Waals surface area (Å²) in [7, 11) is 1.32. The number of fused-ring (bicyclic) bond motifs is 1. The molecule has 0 aliphatic heterocycles. The number of hydrogen-bond acceptors (Lipinski definition) is 5. The fourth-order valence-electron chi connectivity index (χ4n) is 2.85. The van der Waals surface area contributed by atoms with E-state index in [4.69, 9.17) is 9.15 Å². The third kappa shape index (κ3) is 3.35. The summed E-state index contributed by atoms with van der Waals surface area (Å²) in [5.74, 6) is -0.325. The summed E-state index contributed by atoms with van der Waals surface area (Å²) in [6, 6.07) is 21.1. The predicted octanol–water partition coefficient (Wildman–Crippen LogP) is 4.53. The molecule has 28 heavy (non-hydrogen) atoms. The zero-order chi connectivity index (χ0) is 19.5. The topological polar surface area (TPSA) is 81.4 Å². The number of anilines is 1. The molecular weight excluding hydrogens is 356 g/mol. The smallest absolute Gasteiger partial charge is 0.337 e. The molecule has 138 valence electrons. The molecule has 0 saturated carbocycles. The average molecular weight is 372 g/mol. The lowest BCUT2D eigenvalue weighted by Gasteiger charge is -2.08. The molecule has 0 aliphatic carbocycles. The zero-order valence-corrected chi connectivity index (χ0v) is 15.0. The van der Waals surface area contributed by atoms with Gasteiger partial charge in [0.15, 0.2) is 5.58 Å². The second-order valence-electron chi connectivity index (χ2n) is 6.06. The van der Waals surface area contributed by atoms with Crippen LogP contribution in [0.15, 0.2) is 77.2 Å². The Labute approximate surface area is 160 Å². The molecular formula is C22H16N2O4. The van der Waals surface area contributed by atoms with E-state index in [0.717, 1.165) is 0 Å². The lowest BCUT2D eigenvalue weighted by Crippen LogP contribution is -2.12. The van der Waals surface area contributed by atoms with Crippen LogP contribution in [0.5, 0.6) is 0 Å². The van der Waals surface area contributed by atoms with Crippen LogP contribution in [0.1, 0.15) is 20.7 Å². The number of esters is 1. The van der Waals surface area contributed by atoms with Crippen molar-refractivity contribution in [2.24, 2.45) is 0 Å². The first-order valence-electron chi connectivity index (χ1n) is 8.60. The van der Waals surface area contributed by atoms with Crippen molar-refractivity contribution in [2.75, 3.05) is 12.4 Å². The maximum atomic E-state index is 12.5. The zero-order valence-electron chi connectivity index (χ0n) is 15.0. The number of methoxy groups -OCH3 is 1. The van der Waals surface area contributed by atoms with Crippen LogP contribution < -0.4 is 5.32 Å². The van der Waals surface area contributed by atoms with Crippen LogP contribution in [-0.4, -0.2) is 24.0 Å². The number of nitrogens with zero attached hydrogens (tertiary/aromatic N) is 1. The molecule has 0 radical (unpaired) electrons. The van der Waals surface area contributed by atoms with Gasteiger partial charge in [0.05, 0.1) is 23.9 Å². The second-order valence-corrected chi connectivity index (χ2v) is 6.06. The van der Waals surface area contributed by atoms with Gasteiger partial charge in [0.2, 0.25) is 5.89 Å². The van der Waals surface area contributed by atoms with Crippen molar-refractivity contribution < 1.29 is 18.7 Å². The number of benzene rings is 3. The van der Waals surface area contributed by atoms with Crippen LogP contribution in [0.4, 0.5) is 5.69 Å². The molecule has 3 aromatic carbocycles. The SMILES string of the molecule is COC(=O)c1ccc2nc(-c3ccccc3NC(=O)c3ccccc3)oc2c1. The molecule has 6 nitrogen and oxygen atoms in total. The number of nitrogens with one attached hydrogen (secondary N) is 1. The molecule has 0 unspecified atom stereocenters. The second kappa shape index (κ2) is 7.36. The Morgan fingerprint density at radius 2 is 1.68 bits per heavy atom. The van der Waals surface area contributed by atoms with Gasteiger partial charge in [-0.05, 0) is 42.5 Å². The summed E-state index contributed by atoms with van der Waals surface area (Å²) in [6.45, 7) is 0. The predicted molar refractivity (Wildman–Crippen MR) is 105 cm³/mol. The number of aromatic nitrogens is 1. The van der Waals surface area contributed by atoms with Gasteiger partial charge in [0.1, 0.15) is 5.52 Å². The molecule has 4 aromatic rings. The van der Waals surface area contributed by atoms with Gasteiger partial charge in [-0.1, -0.05) is 30.3 Å². The van der Waals surface area contributed by atoms with E-state index in [1.54, 1.807) is 48.5 Å². The lowest BCUT2D eigenvalue weighted by atomic mass is 10.1. The fraction of sp³-hybridized carbons (Fsp3) is 0.0455. The molecule has 0 bridgehead atoms. The number of rotatable bonds is 4. The van der Waals surface area contributed by atoms with Crippen LogP contribution in [0, 0.1) is 0 Å². The van der Waals surface area contributed by atoms with Crippen LogP contribution >= 0.6 is 0 Å². The molecule has 0 spiro atoms. The van der Waals surface area contributed by atoms with Gasteiger partial charge in [-0.3, -0.25) is 4.79 Å². The highest BCUT2D eigenvalue weighted by molar-refractivity contribution is 6.06. The maximum Gasteiger partial charge on any atom is 0.337 e. The first kappa shape index (κ1) is 17.5. The van der Waals surface area contributed by atoms with Crippen molar-refractivity contribution in [1.82, 2.24) is 4.98 Å². The molecule has 1 N–H and O–H groups in total. The van der Waals surface area contributed by atoms with E-state index in [9.17, 15) is 9.59 Å². The van der Waals surface area contributed by atoms with Crippen molar-refractivity contribution in [3.8, 4) is 11.5 Å². The molecule has 1 amide bonds. The number of hydrogen-bond donors (Lipinski definition) is 1. The van der Waals surface area contributed by atoms with Crippen LogP contribution in [0.3, 0.4) is 0 Å². The Morgan fingerprint density at radius 3 is 2.46 bits per heavy atom. The number of para-hydroxylation sites is 1. The van der Waals surface area contributed by atoms with Crippen molar-refractivity contribution in [2.45, 2.75) is 0 Å². The van der Waals surface area contributed by atoms with E-state index < -0.39 is 5.97 Å². The van der Waals surface area contributed by atoms with Crippen molar-refractivity contribution >= 4 is 28.7 Å². The van der Waals surface area contributed by atoms with E-state index >= 15 is 0 Å². The maximum absolute atomic E-state index is 12.5. The van der Waals surface area contributed by atoms with Gasteiger partial charge < -0.3 is 14.5 Å². The van der Waals surface area contributed by atoms with Gasteiger partial charge >= 0.3 is 5.97 Å². The summed E-state index contributed by atoms with van der Waals surface area (Å²) >= 11 is 0. The number of carbonyl (C=O) groups excluding carboxylic acids is 2. The number of carbonyl (C=O) groups is 2. The molecule has 0 aliphatic rings. The minimum atomic E-state index is -0.449. The Bertz CT molecular complexity index is 1170. The van der Waals surface area contributed by atoms with E-state index in [1.807, 2.05) is 24.3 Å². The quantitative estimate of drug-likeness (QED) is 0.532. The van der Waals surface area contributed by atoms with Crippen LogP contribution in [-0.2, 0) is 4.74 Å².